The van der Waals surface area contributed by atoms with Crippen LogP contribution in [0.5, 0.6) is 0 Å². The minimum absolute atomic E-state index is 0.0123. The van der Waals surface area contributed by atoms with E-state index in [1.54, 1.807) is 0 Å². The third-order valence-electron chi connectivity index (χ3n) is 6.24. The largest absolute Gasteiger partial charge is 0.289 e. The van der Waals surface area contributed by atoms with Gasteiger partial charge in [0, 0.05) is 6.07 Å². The highest BCUT2D eigenvalue weighted by atomic mass is 35.5. The molecule has 1 heterocycles. The first-order valence-corrected chi connectivity index (χ1v) is 8.33. The Kier molecular flexibility index (Phi) is 2.51. The molecule has 1 saturated heterocycles. The van der Waals surface area contributed by atoms with Crippen molar-refractivity contribution in [3.8, 4) is 0 Å². The van der Waals surface area contributed by atoms with Crippen LogP contribution in [-0.2, 0) is 9.59 Å². The number of nitro groups is 1. The van der Waals surface area contributed by atoms with Crippen molar-refractivity contribution >= 4 is 34.8 Å². The maximum atomic E-state index is 12.9. The molecule has 2 saturated carbocycles. The molecule has 4 atom stereocenters. The molecule has 0 aromatic heterocycles. The summed E-state index contributed by atoms with van der Waals surface area (Å²) in [6.45, 7) is 0. The Morgan fingerprint density at radius 3 is 2.21 bits per heavy atom. The summed E-state index contributed by atoms with van der Waals surface area (Å²) in [5, 5.41) is 11.1. The number of fused-ring (bicyclic) bond motifs is 3. The van der Waals surface area contributed by atoms with Gasteiger partial charge in [-0.15, -0.1) is 0 Å². The van der Waals surface area contributed by atoms with Gasteiger partial charge in [-0.1, -0.05) is 23.8 Å². The van der Waals surface area contributed by atoms with Gasteiger partial charge in [-0.05, 0) is 42.2 Å². The molecule has 2 bridgehead atoms. The van der Waals surface area contributed by atoms with Gasteiger partial charge >= 0.3 is 0 Å². The number of rotatable bonds is 2. The fraction of sp³-hybridized carbons (Fsp3) is 0.412. The van der Waals surface area contributed by atoms with Gasteiger partial charge in [-0.2, -0.15) is 0 Å². The van der Waals surface area contributed by atoms with E-state index < -0.39 is 4.92 Å². The number of carbonyl (C=O) groups is 2. The zero-order valence-electron chi connectivity index (χ0n) is 12.5. The number of benzene rings is 1. The SMILES string of the molecule is O=C1[C@@H]2[C@@H](C(=O)N1c1ccc(Cl)c([N+](=O)[O-])c1)[C@H]1C=C[C@H]2C12CC2. The van der Waals surface area contributed by atoms with E-state index in [0.717, 1.165) is 17.7 Å². The van der Waals surface area contributed by atoms with Gasteiger partial charge in [0.15, 0.2) is 0 Å². The number of carbonyl (C=O) groups excluding carboxylic acids is 2. The van der Waals surface area contributed by atoms with Crippen LogP contribution in [0.25, 0.3) is 0 Å². The Bertz CT molecular complexity index is 826. The zero-order chi connectivity index (χ0) is 16.8. The molecule has 1 spiro atoms. The summed E-state index contributed by atoms with van der Waals surface area (Å²) in [6.07, 6.45) is 6.35. The topological polar surface area (TPSA) is 80.5 Å². The number of hydrogen-bond donors (Lipinski definition) is 0. The number of imide groups is 1. The summed E-state index contributed by atoms with van der Waals surface area (Å²) < 4.78 is 0. The van der Waals surface area contributed by atoms with Crippen LogP contribution >= 0.6 is 11.6 Å². The average molecular weight is 345 g/mol. The van der Waals surface area contributed by atoms with Crippen molar-refractivity contribution < 1.29 is 14.5 Å². The molecule has 3 fully saturated rings. The molecule has 1 aromatic rings. The molecule has 5 rings (SSSR count). The normalized spacial score (nSPS) is 34.3. The molecule has 122 valence electrons. The molecule has 24 heavy (non-hydrogen) atoms. The Morgan fingerprint density at radius 1 is 1.12 bits per heavy atom. The van der Waals surface area contributed by atoms with Crippen molar-refractivity contribution in [2.75, 3.05) is 4.90 Å². The van der Waals surface area contributed by atoms with Gasteiger partial charge in [-0.25, -0.2) is 4.90 Å². The summed E-state index contributed by atoms with van der Waals surface area (Å²) in [7, 11) is 0. The first kappa shape index (κ1) is 14.2. The van der Waals surface area contributed by atoms with Crippen molar-refractivity contribution in [3.05, 3.63) is 45.5 Å². The van der Waals surface area contributed by atoms with Gasteiger partial charge < -0.3 is 0 Å². The van der Waals surface area contributed by atoms with E-state index in [1.165, 1.54) is 18.2 Å². The van der Waals surface area contributed by atoms with Crippen LogP contribution in [-0.4, -0.2) is 16.7 Å². The van der Waals surface area contributed by atoms with E-state index in [0.29, 0.717) is 0 Å². The summed E-state index contributed by atoms with van der Waals surface area (Å²) >= 11 is 5.83. The second-order valence-corrected chi connectivity index (χ2v) is 7.53. The molecular formula is C17H13ClN2O4. The van der Waals surface area contributed by atoms with Gasteiger partial charge in [0.05, 0.1) is 22.4 Å². The van der Waals surface area contributed by atoms with Gasteiger partial charge in [0.2, 0.25) is 11.8 Å². The molecule has 4 aliphatic rings. The Labute approximate surface area is 142 Å². The number of anilines is 1. The van der Waals surface area contributed by atoms with E-state index in [9.17, 15) is 19.7 Å². The molecule has 1 aromatic carbocycles. The zero-order valence-corrected chi connectivity index (χ0v) is 13.3. The Morgan fingerprint density at radius 2 is 1.71 bits per heavy atom. The standard InChI is InChI=1S/C17H13ClN2O4/c18-11-4-1-8(7-12(11)20(23)24)19-15(21)13-9-2-3-10(14(13)16(19)22)17(9)5-6-17/h1-4,7,9-10,13-14H,5-6H2/t9-,10-,13+,14+/m1/s1. The summed E-state index contributed by atoms with van der Waals surface area (Å²) in [4.78, 5) is 37.5. The molecule has 1 aliphatic heterocycles. The van der Waals surface area contributed by atoms with Crippen LogP contribution in [0.4, 0.5) is 11.4 Å². The summed E-state index contributed by atoms with van der Waals surface area (Å²) in [5.74, 6) is -0.823. The van der Waals surface area contributed by atoms with E-state index in [-0.39, 0.29) is 57.3 Å². The lowest BCUT2D eigenvalue weighted by Crippen LogP contribution is -2.34. The van der Waals surface area contributed by atoms with E-state index in [4.69, 9.17) is 11.6 Å². The molecule has 0 radical (unpaired) electrons. The number of nitrogens with zero attached hydrogens (tertiary/aromatic N) is 2. The molecule has 6 nitrogen and oxygen atoms in total. The van der Waals surface area contributed by atoms with Crippen molar-refractivity contribution in [2.24, 2.45) is 29.1 Å². The van der Waals surface area contributed by atoms with Gasteiger partial charge in [-0.3, -0.25) is 19.7 Å². The van der Waals surface area contributed by atoms with Crippen LogP contribution < -0.4 is 4.90 Å². The predicted molar refractivity (Wildman–Crippen MR) is 85.4 cm³/mol. The van der Waals surface area contributed by atoms with Crippen molar-refractivity contribution in [1.29, 1.82) is 0 Å². The molecule has 7 heteroatoms. The third kappa shape index (κ3) is 1.48. The quantitative estimate of drug-likeness (QED) is 0.357. The van der Waals surface area contributed by atoms with Crippen LogP contribution in [0, 0.1) is 39.2 Å². The van der Waals surface area contributed by atoms with Crippen molar-refractivity contribution in [2.45, 2.75) is 12.8 Å². The molecule has 3 aliphatic carbocycles. The number of hydrogen-bond acceptors (Lipinski definition) is 4. The molecule has 0 N–H and O–H groups in total. The van der Waals surface area contributed by atoms with Crippen LogP contribution in [0.2, 0.25) is 5.02 Å². The lowest BCUT2D eigenvalue weighted by atomic mass is 9.85. The molecule has 0 unspecified atom stereocenters. The lowest BCUT2D eigenvalue weighted by Gasteiger charge is -2.21. The molecule has 2 amide bonds. The Hall–Kier alpha value is -2.21. The van der Waals surface area contributed by atoms with Gasteiger partial charge in [0.25, 0.3) is 5.69 Å². The first-order valence-electron chi connectivity index (χ1n) is 7.96. The van der Waals surface area contributed by atoms with Crippen LogP contribution in [0.3, 0.4) is 0 Å². The third-order valence-corrected chi connectivity index (χ3v) is 6.56. The maximum absolute atomic E-state index is 12.9. The maximum Gasteiger partial charge on any atom is 0.289 e. The minimum Gasteiger partial charge on any atom is -0.274 e. The van der Waals surface area contributed by atoms with Gasteiger partial charge in [0.1, 0.15) is 5.02 Å². The fourth-order valence-corrected chi connectivity index (χ4v) is 5.30. The van der Waals surface area contributed by atoms with E-state index in [2.05, 4.69) is 12.2 Å². The van der Waals surface area contributed by atoms with Crippen molar-refractivity contribution in [1.82, 2.24) is 0 Å². The summed E-state index contributed by atoms with van der Waals surface area (Å²) in [5.41, 5.74) is 0.0741. The van der Waals surface area contributed by atoms with Crippen LogP contribution in [0.1, 0.15) is 12.8 Å². The van der Waals surface area contributed by atoms with Crippen molar-refractivity contribution in [3.63, 3.8) is 0 Å². The number of halogens is 1. The number of allylic oxidation sites excluding steroid dienone is 2. The second-order valence-electron chi connectivity index (χ2n) is 7.13. The Balaban J connectivity index is 1.56. The monoisotopic (exact) mass is 344 g/mol. The highest BCUT2D eigenvalue weighted by molar-refractivity contribution is 6.33. The van der Waals surface area contributed by atoms with Crippen LogP contribution in [0.15, 0.2) is 30.4 Å². The van der Waals surface area contributed by atoms with E-state index in [1.807, 2.05) is 0 Å². The minimum atomic E-state index is -0.609. The first-order chi connectivity index (χ1) is 11.5. The predicted octanol–water partition coefficient (Wildman–Crippen LogP) is 2.95. The highest BCUT2D eigenvalue weighted by Gasteiger charge is 2.73. The smallest absolute Gasteiger partial charge is 0.274 e. The second kappa shape index (κ2) is 4.25. The van der Waals surface area contributed by atoms with E-state index >= 15 is 0 Å². The summed E-state index contributed by atoms with van der Waals surface area (Å²) in [6, 6.07) is 4.06. The number of amides is 2. The highest BCUT2D eigenvalue weighted by Crippen LogP contribution is 2.73. The molecular weight excluding hydrogens is 332 g/mol. The lowest BCUT2D eigenvalue weighted by molar-refractivity contribution is -0.384. The fourth-order valence-electron chi connectivity index (χ4n) is 5.11. The average Bonchev–Trinajstić information content (AvgIpc) is 3.14. The number of nitro benzene ring substituents is 1.